The molecule has 5 rings (SSSR count). The second-order valence-corrected chi connectivity index (χ2v) is 17.7. The van der Waals surface area contributed by atoms with Gasteiger partial charge in [-0.3, -0.25) is 14.2 Å². The first-order chi connectivity index (χ1) is 29.7. The SMILES string of the molecule is CNC(=O)CCO[C@@H]1[C@H](O[P+](O)(CCC#N)N(C(C)C)C(C)C)[C@@H](COC(c2ccccc2)(c2ccc(OC)cc2)c2ccc(OC)cc2)O[C@H]1n1ccc(NC(C)=O)nc1=O. The summed E-state index contributed by atoms with van der Waals surface area (Å²) in [4.78, 5) is 55.0. The fourth-order valence-corrected chi connectivity index (χ4v) is 10.8. The van der Waals surface area contributed by atoms with Crippen LogP contribution in [0.1, 0.15) is 70.4 Å². The molecule has 4 aromatic rings. The molecule has 62 heavy (non-hydrogen) atoms. The minimum Gasteiger partial charge on any atom is -0.497 e. The summed E-state index contributed by atoms with van der Waals surface area (Å²) in [7, 11) is 1.04. The van der Waals surface area contributed by atoms with Crippen LogP contribution in [0.2, 0.25) is 0 Å². The molecule has 1 saturated heterocycles. The van der Waals surface area contributed by atoms with Gasteiger partial charge in [0.2, 0.25) is 11.8 Å². The molecule has 2 heterocycles. The summed E-state index contributed by atoms with van der Waals surface area (Å²) in [5, 5.41) is 14.9. The van der Waals surface area contributed by atoms with Gasteiger partial charge in [0.1, 0.15) is 41.3 Å². The Morgan fingerprint density at radius 3 is 2.02 bits per heavy atom. The molecule has 3 aromatic carbocycles. The van der Waals surface area contributed by atoms with E-state index in [1.807, 2.05) is 111 Å². The van der Waals surface area contributed by atoms with Crippen molar-refractivity contribution in [3.63, 3.8) is 0 Å². The standard InChI is InChI=1S/C45H57N6O10P/c1-30(2)51(31(3)4)62(55,28-12-25-46)61-41-38(60-43(42(41)58-27-24-40(53)47-6)50-26-23-39(48-32(5)52)49-44(50)54)29-59-45(33-13-10-9-11-14-33,34-15-19-36(56-7)20-16-34)35-17-21-37(57-8)22-18-35/h9-11,13-23,26,30-31,38,41-43,55H,12,24,27-29H2,1-8H3,(H-,47,48,49,52,53,54)/p+1/t38-,41-,42-,43-,62?/m1/s1. The third-order valence-corrected chi connectivity index (χ3v) is 13.5. The molecular weight excluding hydrogens is 816 g/mol. The zero-order chi connectivity index (χ0) is 45.0. The monoisotopic (exact) mass is 873 g/mol. The van der Waals surface area contributed by atoms with Crippen LogP contribution in [0.15, 0.2) is 95.9 Å². The van der Waals surface area contributed by atoms with Gasteiger partial charge in [0.05, 0.1) is 39.9 Å². The molecular formula is C45H58N6O10P+. The van der Waals surface area contributed by atoms with Gasteiger partial charge in [-0.1, -0.05) is 54.6 Å². The van der Waals surface area contributed by atoms with Gasteiger partial charge >= 0.3 is 13.6 Å². The molecule has 1 aliphatic heterocycles. The predicted molar refractivity (Wildman–Crippen MR) is 235 cm³/mol. The predicted octanol–water partition coefficient (Wildman–Crippen LogP) is 5.82. The zero-order valence-electron chi connectivity index (χ0n) is 36.5. The number of carbonyl (C=O) groups excluding carboxylic acids is 2. The van der Waals surface area contributed by atoms with E-state index in [-0.39, 0.29) is 56.0 Å². The first kappa shape index (κ1) is 47.8. The van der Waals surface area contributed by atoms with Crippen molar-refractivity contribution in [1.82, 2.24) is 19.5 Å². The summed E-state index contributed by atoms with van der Waals surface area (Å²) in [6.45, 7) is 8.74. The van der Waals surface area contributed by atoms with Crippen molar-refractivity contribution in [3.8, 4) is 17.6 Å². The highest BCUT2D eigenvalue weighted by atomic mass is 31.2. The van der Waals surface area contributed by atoms with Crippen molar-refractivity contribution in [2.75, 3.05) is 46.0 Å². The molecule has 0 bridgehead atoms. The lowest BCUT2D eigenvalue weighted by Gasteiger charge is -2.39. The molecule has 0 aliphatic carbocycles. The van der Waals surface area contributed by atoms with Gasteiger partial charge in [0, 0.05) is 38.7 Å². The molecule has 1 aliphatic rings. The average Bonchev–Trinajstić information content (AvgIpc) is 3.58. The molecule has 17 heteroatoms. The largest absolute Gasteiger partial charge is 0.497 e. The molecule has 2 amide bonds. The number of hydrogen-bond acceptors (Lipinski definition) is 13. The molecule has 332 valence electrons. The molecule has 0 saturated carbocycles. The van der Waals surface area contributed by atoms with Crippen molar-refractivity contribution in [2.24, 2.45) is 0 Å². The normalized spacial score (nSPS) is 18.6. The Morgan fingerprint density at radius 1 is 0.935 bits per heavy atom. The van der Waals surface area contributed by atoms with Crippen molar-refractivity contribution < 1.29 is 42.7 Å². The Kier molecular flexibility index (Phi) is 16.7. The number of methoxy groups -OCH3 is 2. The van der Waals surface area contributed by atoms with E-state index in [9.17, 15) is 24.5 Å². The zero-order valence-corrected chi connectivity index (χ0v) is 37.4. The number of rotatable bonds is 21. The van der Waals surface area contributed by atoms with Crippen LogP contribution in [-0.2, 0) is 33.9 Å². The molecule has 16 nitrogen and oxygen atoms in total. The number of hydrogen-bond donors (Lipinski definition) is 3. The van der Waals surface area contributed by atoms with E-state index in [1.165, 1.54) is 30.8 Å². The number of anilines is 1. The van der Waals surface area contributed by atoms with E-state index in [0.29, 0.717) is 11.5 Å². The summed E-state index contributed by atoms with van der Waals surface area (Å²) in [5.41, 5.74) is 0.208. The quantitative estimate of drug-likeness (QED) is 0.0670. The summed E-state index contributed by atoms with van der Waals surface area (Å²) < 4.78 is 41.8. The van der Waals surface area contributed by atoms with Gasteiger partial charge < -0.3 is 34.3 Å². The summed E-state index contributed by atoms with van der Waals surface area (Å²) in [5.74, 6) is 0.619. The van der Waals surface area contributed by atoms with Gasteiger partial charge in [-0.25, -0.2) is 9.69 Å². The van der Waals surface area contributed by atoms with Crippen molar-refractivity contribution in [3.05, 3.63) is 118 Å². The number of aromatic nitrogens is 2. The van der Waals surface area contributed by atoms with E-state index in [4.69, 9.17) is 28.2 Å². The van der Waals surface area contributed by atoms with Crippen LogP contribution < -0.4 is 25.8 Å². The van der Waals surface area contributed by atoms with Crippen LogP contribution in [-0.4, -0.2) is 102 Å². The lowest BCUT2D eigenvalue weighted by atomic mass is 9.80. The van der Waals surface area contributed by atoms with Gasteiger partial charge in [-0.15, -0.1) is 4.67 Å². The Labute approximate surface area is 363 Å². The van der Waals surface area contributed by atoms with Gasteiger partial charge in [-0.05, 0) is 74.7 Å². The Bertz CT molecular complexity index is 2130. The molecule has 1 aromatic heterocycles. The molecule has 1 unspecified atom stereocenters. The molecule has 0 spiro atoms. The third-order valence-electron chi connectivity index (χ3n) is 10.5. The maximum absolute atomic E-state index is 13.8. The second-order valence-electron chi connectivity index (χ2n) is 15.3. The fourth-order valence-electron chi connectivity index (χ4n) is 7.85. The van der Waals surface area contributed by atoms with Crippen LogP contribution in [0.5, 0.6) is 11.5 Å². The smallest absolute Gasteiger partial charge is 0.351 e. The lowest BCUT2D eigenvalue weighted by Crippen LogP contribution is -2.46. The number of nitrogens with zero attached hydrogens (tertiary/aromatic N) is 4. The van der Waals surface area contributed by atoms with Crippen LogP contribution in [0.3, 0.4) is 0 Å². The number of amides is 2. The molecule has 1 fully saturated rings. The van der Waals surface area contributed by atoms with Crippen LogP contribution in [0.4, 0.5) is 5.82 Å². The first-order valence-corrected chi connectivity index (χ1v) is 22.3. The van der Waals surface area contributed by atoms with E-state index in [0.717, 1.165) is 16.7 Å². The Morgan fingerprint density at radius 2 is 1.52 bits per heavy atom. The highest BCUT2D eigenvalue weighted by Gasteiger charge is 2.58. The highest BCUT2D eigenvalue weighted by Crippen LogP contribution is 2.64. The highest BCUT2D eigenvalue weighted by molar-refractivity contribution is 7.63. The van der Waals surface area contributed by atoms with Crippen LogP contribution in [0.25, 0.3) is 0 Å². The van der Waals surface area contributed by atoms with Crippen molar-refractivity contribution in [1.29, 1.82) is 5.26 Å². The Balaban J connectivity index is 1.72. The number of benzene rings is 3. The van der Waals surface area contributed by atoms with E-state index in [2.05, 4.69) is 21.7 Å². The summed E-state index contributed by atoms with van der Waals surface area (Å²) in [6, 6.07) is 27.9. The summed E-state index contributed by atoms with van der Waals surface area (Å²) >= 11 is 0. The lowest BCUT2D eigenvalue weighted by molar-refractivity contribution is -0.124. The summed E-state index contributed by atoms with van der Waals surface area (Å²) in [6.07, 6.45) is -3.19. The van der Waals surface area contributed by atoms with Gasteiger partial charge in [0.25, 0.3) is 0 Å². The maximum atomic E-state index is 13.8. The van der Waals surface area contributed by atoms with Gasteiger partial charge in [-0.2, -0.15) is 14.8 Å². The van der Waals surface area contributed by atoms with E-state index < -0.39 is 49.6 Å². The Hall–Kier alpha value is -5.24. The topological polar surface area (TPSA) is 196 Å². The van der Waals surface area contributed by atoms with Crippen LogP contribution in [0, 0.1) is 11.3 Å². The molecule has 5 atom stereocenters. The second kappa shape index (κ2) is 21.7. The van der Waals surface area contributed by atoms with Crippen LogP contribution >= 0.6 is 7.87 Å². The molecule has 3 N–H and O–H groups in total. The van der Waals surface area contributed by atoms with Crippen molar-refractivity contribution in [2.45, 2.75) is 89.7 Å². The first-order valence-electron chi connectivity index (χ1n) is 20.5. The number of carbonyl (C=O) groups is 2. The van der Waals surface area contributed by atoms with E-state index in [1.54, 1.807) is 14.2 Å². The average molecular weight is 874 g/mol. The minimum absolute atomic E-state index is 0.00185. The van der Waals surface area contributed by atoms with Crippen molar-refractivity contribution >= 4 is 25.5 Å². The number of ether oxygens (including phenoxy) is 5. The van der Waals surface area contributed by atoms with E-state index >= 15 is 0 Å². The van der Waals surface area contributed by atoms with Gasteiger partial charge in [0.15, 0.2) is 12.3 Å². The molecule has 0 radical (unpaired) electrons. The minimum atomic E-state index is -3.66. The maximum Gasteiger partial charge on any atom is 0.351 e. The number of nitriles is 1. The fraction of sp³-hybridized carbons (Fsp3) is 0.444. The third kappa shape index (κ3) is 11.0. The number of nitrogens with one attached hydrogen (secondary N) is 2.